The van der Waals surface area contributed by atoms with E-state index in [4.69, 9.17) is 9.84 Å². The number of rotatable bonds is 2. The number of methoxy groups -OCH3 is 1. The molecule has 0 spiro atoms. The van der Waals surface area contributed by atoms with Gasteiger partial charge in [-0.15, -0.1) is 0 Å². The van der Waals surface area contributed by atoms with Gasteiger partial charge in [0.1, 0.15) is 0 Å². The van der Waals surface area contributed by atoms with Crippen molar-refractivity contribution in [2.24, 2.45) is 0 Å². The average Bonchev–Trinajstić information content (AvgIpc) is 2.03. The van der Waals surface area contributed by atoms with E-state index in [1.807, 2.05) is 0 Å². The van der Waals surface area contributed by atoms with Gasteiger partial charge in [-0.05, 0) is 25.7 Å². The molecule has 1 amide bonds. The summed E-state index contributed by atoms with van der Waals surface area (Å²) in [5, 5.41) is 11.0. The first kappa shape index (κ1) is 9.32. The molecule has 0 aromatic carbocycles. The van der Waals surface area contributed by atoms with Crippen LogP contribution in [0, 0.1) is 0 Å². The fourth-order valence-corrected chi connectivity index (χ4v) is 1.66. The lowest BCUT2D eigenvalue weighted by Gasteiger charge is -2.27. The Bertz CT molecular complexity index is 160. The Hall–Kier alpha value is -0.770. The van der Waals surface area contributed by atoms with Gasteiger partial charge in [0.15, 0.2) is 0 Å². The summed E-state index contributed by atoms with van der Waals surface area (Å²) in [7, 11) is 1.67. The number of amides is 1. The number of hydrogen-bond acceptors (Lipinski definition) is 2. The van der Waals surface area contributed by atoms with Crippen LogP contribution in [0.2, 0.25) is 0 Å². The van der Waals surface area contributed by atoms with Crippen LogP contribution in [0.4, 0.5) is 4.79 Å². The predicted molar refractivity (Wildman–Crippen MR) is 44.2 cm³/mol. The van der Waals surface area contributed by atoms with Crippen LogP contribution in [0.3, 0.4) is 0 Å². The molecule has 1 saturated carbocycles. The fourth-order valence-electron chi connectivity index (χ4n) is 1.66. The predicted octanol–water partition coefficient (Wildman–Crippen LogP) is 1.21. The highest BCUT2D eigenvalue weighted by atomic mass is 16.5. The molecule has 0 aromatic heterocycles. The summed E-state index contributed by atoms with van der Waals surface area (Å²) >= 11 is 0. The van der Waals surface area contributed by atoms with E-state index in [0.29, 0.717) is 0 Å². The molecule has 0 saturated heterocycles. The molecule has 0 bridgehead atoms. The van der Waals surface area contributed by atoms with Crippen LogP contribution in [0.25, 0.3) is 0 Å². The lowest BCUT2D eigenvalue weighted by Crippen LogP contribution is -2.39. The summed E-state index contributed by atoms with van der Waals surface area (Å²) in [6.07, 6.45) is 3.14. The number of carbonyl (C=O) groups is 1. The summed E-state index contributed by atoms with van der Waals surface area (Å²) < 4.78 is 5.17. The molecule has 1 rings (SSSR count). The van der Waals surface area contributed by atoms with Crippen molar-refractivity contribution in [2.75, 3.05) is 7.11 Å². The zero-order chi connectivity index (χ0) is 8.97. The van der Waals surface area contributed by atoms with Gasteiger partial charge in [0.2, 0.25) is 0 Å². The molecule has 0 unspecified atom stereocenters. The van der Waals surface area contributed by atoms with Crippen molar-refractivity contribution in [1.82, 2.24) is 5.32 Å². The van der Waals surface area contributed by atoms with Crippen LogP contribution in [0.15, 0.2) is 0 Å². The van der Waals surface area contributed by atoms with Crippen molar-refractivity contribution in [3.63, 3.8) is 0 Å². The quantitative estimate of drug-likeness (QED) is 0.660. The normalized spacial score (nSPS) is 29.8. The molecule has 1 fully saturated rings. The van der Waals surface area contributed by atoms with E-state index in [9.17, 15) is 4.79 Å². The Balaban J connectivity index is 2.30. The summed E-state index contributed by atoms with van der Waals surface area (Å²) in [6.45, 7) is 0. The van der Waals surface area contributed by atoms with Crippen molar-refractivity contribution >= 4 is 6.09 Å². The minimum Gasteiger partial charge on any atom is -0.465 e. The van der Waals surface area contributed by atoms with Gasteiger partial charge in [-0.1, -0.05) is 0 Å². The van der Waals surface area contributed by atoms with E-state index in [2.05, 4.69) is 5.32 Å². The largest absolute Gasteiger partial charge is 0.465 e. The third-order valence-electron chi connectivity index (χ3n) is 2.29. The minimum atomic E-state index is -0.934. The maximum absolute atomic E-state index is 10.3. The number of carboxylic acid groups (broad SMARTS) is 1. The van der Waals surface area contributed by atoms with E-state index >= 15 is 0 Å². The lowest BCUT2D eigenvalue weighted by atomic mass is 9.93. The SMILES string of the molecule is CO[C@H]1CCC[C@@H](NC(=O)O)C1. The fraction of sp³-hybridized carbons (Fsp3) is 0.875. The minimum absolute atomic E-state index is 0.0844. The second kappa shape index (κ2) is 4.30. The van der Waals surface area contributed by atoms with Gasteiger partial charge >= 0.3 is 6.09 Å². The van der Waals surface area contributed by atoms with Crippen LogP contribution in [0.1, 0.15) is 25.7 Å². The van der Waals surface area contributed by atoms with Crippen molar-refractivity contribution in [3.8, 4) is 0 Å². The molecule has 4 nitrogen and oxygen atoms in total. The van der Waals surface area contributed by atoms with Crippen LogP contribution in [-0.2, 0) is 4.74 Å². The molecule has 70 valence electrons. The maximum Gasteiger partial charge on any atom is 0.404 e. The molecule has 12 heavy (non-hydrogen) atoms. The standard InChI is InChI=1S/C8H15NO3/c1-12-7-4-2-3-6(5-7)9-8(10)11/h6-7,9H,2-5H2,1H3,(H,10,11)/t6-,7+/m1/s1. The van der Waals surface area contributed by atoms with E-state index < -0.39 is 6.09 Å². The van der Waals surface area contributed by atoms with Gasteiger partial charge in [-0.3, -0.25) is 0 Å². The molecule has 1 aliphatic rings. The average molecular weight is 173 g/mol. The highest BCUT2D eigenvalue weighted by Crippen LogP contribution is 2.20. The van der Waals surface area contributed by atoms with E-state index in [1.54, 1.807) is 7.11 Å². The molecular weight excluding hydrogens is 158 g/mol. The van der Waals surface area contributed by atoms with Crippen molar-refractivity contribution in [2.45, 2.75) is 37.8 Å². The Kier molecular flexibility index (Phi) is 3.34. The molecule has 4 heteroatoms. The summed E-state index contributed by atoms with van der Waals surface area (Å²) in [4.78, 5) is 10.3. The highest BCUT2D eigenvalue weighted by molar-refractivity contribution is 5.64. The van der Waals surface area contributed by atoms with E-state index in [0.717, 1.165) is 25.7 Å². The lowest BCUT2D eigenvalue weighted by molar-refractivity contribution is 0.0589. The van der Waals surface area contributed by atoms with Crippen LogP contribution in [-0.4, -0.2) is 30.5 Å². The van der Waals surface area contributed by atoms with Crippen molar-refractivity contribution < 1.29 is 14.6 Å². The summed E-state index contributed by atoms with van der Waals surface area (Å²) in [5.74, 6) is 0. The Morgan fingerprint density at radius 1 is 1.58 bits per heavy atom. The molecule has 0 heterocycles. The monoisotopic (exact) mass is 173 g/mol. The third-order valence-corrected chi connectivity index (χ3v) is 2.29. The van der Waals surface area contributed by atoms with Crippen LogP contribution >= 0.6 is 0 Å². The van der Waals surface area contributed by atoms with Gasteiger partial charge in [0, 0.05) is 13.2 Å². The zero-order valence-electron chi connectivity index (χ0n) is 7.25. The summed E-state index contributed by atoms with van der Waals surface area (Å²) in [5.41, 5.74) is 0. The first-order chi connectivity index (χ1) is 5.72. The highest BCUT2D eigenvalue weighted by Gasteiger charge is 2.22. The van der Waals surface area contributed by atoms with E-state index in [1.165, 1.54) is 0 Å². The Labute approximate surface area is 71.9 Å². The molecule has 0 radical (unpaired) electrons. The van der Waals surface area contributed by atoms with Gasteiger partial charge in [-0.25, -0.2) is 4.79 Å². The number of hydrogen-bond donors (Lipinski definition) is 2. The Morgan fingerprint density at radius 2 is 2.33 bits per heavy atom. The van der Waals surface area contributed by atoms with Crippen LogP contribution < -0.4 is 5.32 Å². The smallest absolute Gasteiger partial charge is 0.404 e. The van der Waals surface area contributed by atoms with Gasteiger partial charge in [0.25, 0.3) is 0 Å². The first-order valence-electron chi connectivity index (χ1n) is 4.24. The second-order valence-electron chi connectivity index (χ2n) is 3.17. The second-order valence-corrected chi connectivity index (χ2v) is 3.17. The third kappa shape index (κ3) is 2.70. The van der Waals surface area contributed by atoms with E-state index in [-0.39, 0.29) is 12.1 Å². The number of nitrogens with one attached hydrogen (secondary N) is 1. The Morgan fingerprint density at radius 3 is 2.92 bits per heavy atom. The molecule has 2 atom stereocenters. The molecule has 1 aliphatic carbocycles. The van der Waals surface area contributed by atoms with Gasteiger partial charge < -0.3 is 15.2 Å². The molecule has 2 N–H and O–H groups in total. The molecule has 0 aliphatic heterocycles. The van der Waals surface area contributed by atoms with Gasteiger partial charge in [-0.2, -0.15) is 0 Å². The van der Waals surface area contributed by atoms with Crippen molar-refractivity contribution in [3.05, 3.63) is 0 Å². The van der Waals surface area contributed by atoms with Crippen molar-refractivity contribution in [1.29, 1.82) is 0 Å². The van der Waals surface area contributed by atoms with Gasteiger partial charge in [0.05, 0.1) is 6.10 Å². The number of ether oxygens (including phenoxy) is 1. The topological polar surface area (TPSA) is 58.6 Å². The first-order valence-corrected chi connectivity index (χ1v) is 4.24. The summed E-state index contributed by atoms with van der Waals surface area (Å²) in [6, 6.07) is 0.0844. The molecule has 0 aromatic rings. The maximum atomic E-state index is 10.3. The molecular formula is C8H15NO3. The zero-order valence-corrected chi connectivity index (χ0v) is 7.25. The van der Waals surface area contributed by atoms with Crippen LogP contribution in [0.5, 0.6) is 0 Å².